The van der Waals surface area contributed by atoms with Gasteiger partial charge in [0.2, 0.25) is 0 Å². The molecule has 2 aromatic carbocycles. The van der Waals surface area contributed by atoms with Gasteiger partial charge in [-0.2, -0.15) is 0 Å². The molecule has 1 N–H and O–H groups in total. The third-order valence-electron chi connectivity index (χ3n) is 4.81. The molecule has 0 unspecified atom stereocenters. The molecule has 0 radical (unpaired) electrons. The van der Waals surface area contributed by atoms with Crippen molar-refractivity contribution in [1.29, 1.82) is 0 Å². The minimum Gasteiger partial charge on any atom is -0.506 e. The molecule has 2 heterocycles. The van der Waals surface area contributed by atoms with Crippen LogP contribution in [-0.4, -0.2) is 41.2 Å². The molecule has 1 aliphatic rings. The quantitative estimate of drug-likeness (QED) is 0.577. The van der Waals surface area contributed by atoms with Crippen LogP contribution in [0.15, 0.2) is 54.9 Å². The molecular weight excluding hydrogens is 332 g/mol. The summed E-state index contributed by atoms with van der Waals surface area (Å²) in [5.41, 5.74) is 1.89. The Kier molecular flexibility index (Phi) is 4.04. The van der Waals surface area contributed by atoms with Gasteiger partial charge in [0.1, 0.15) is 5.75 Å². The minimum absolute atomic E-state index is 0.0738. The number of hydrogen-bond donors (Lipinski definition) is 1. The number of anilines is 2. The van der Waals surface area contributed by atoms with Crippen LogP contribution in [-0.2, 0) is 0 Å². The fraction of sp³-hybridized carbons (Fsp3) is 0.211. The van der Waals surface area contributed by atoms with Gasteiger partial charge in [-0.15, -0.1) is 0 Å². The van der Waals surface area contributed by atoms with Crippen LogP contribution in [0.4, 0.5) is 17.1 Å². The van der Waals surface area contributed by atoms with Crippen molar-refractivity contribution in [3.63, 3.8) is 0 Å². The first-order valence-electron chi connectivity index (χ1n) is 8.44. The first-order chi connectivity index (χ1) is 12.6. The van der Waals surface area contributed by atoms with Gasteiger partial charge in [0.05, 0.1) is 16.0 Å². The van der Waals surface area contributed by atoms with Gasteiger partial charge in [-0.1, -0.05) is 12.1 Å². The number of aromatic nitrogens is 1. The SMILES string of the molecule is O=[N+]([O-])c1ccc(N2CCN(c3ccccc3O)CC2)c2ccncc12. The molecule has 0 spiro atoms. The minimum atomic E-state index is -0.371. The smallest absolute Gasteiger partial charge is 0.278 e. The highest BCUT2D eigenvalue weighted by molar-refractivity contribution is 5.99. The Morgan fingerprint density at radius 1 is 0.923 bits per heavy atom. The zero-order chi connectivity index (χ0) is 18.1. The van der Waals surface area contributed by atoms with Crippen LogP contribution in [0.5, 0.6) is 5.75 Å². The van der Waals surface area contributed by atoms with Gasteiger partial charge < -0.3 is 14.9 Å². The summed E-state index contributed by atoms with van der Waals surface area (Å²) in [6, 6.07) is 12.5. The summed E-state index contributed by atoms with van der Waals surface area (Å²) in [5.74, 6) is 0.285. The Morgan fingerprint density at radius 3 is 2.31 bits per heavy atom. The number of phenolic OH excluding ortho intramolecular Hbond substituents is 1. The van der Waals surface area contributed by atoms with Gasteiger partial charge in [-0.3, -0.25) is 15.1 Å². The van der Waals surface area contributed by atoms with Gasteiger partial charge >= 0.3 is 0 Å². The monoisotopic (exact) mass is 350 g/mol. The molecular formula is C19H18N4O3. The molecule has 0 bridgehead atoms. The van der Waals surface area contributed by atoms with Crippen molar-refractivity contribution >= 4 is 27.8 Å². The fourth-order valence-corrected chi connectivity index (χ4v) is 3.51. The van der Waals surface area contributed by atoms with Crippen LogP contribution < -0.4 is 9.80 Å². The highest BCUT2D eigenvalue weighted by Crippen LogP contribution is 2.34. The molecule has 7 heteroatoms. The van der Waals surface area contributed by atoms with E-state index in [-0.39, 0.29) is 16.4 Å². The van der Waals surface area contributed by atoms with Crippen molar-refractivity contribution < 1.29 is 10.0 Å². The standard InChI is InChI=1S/C19H18N4O3/c24-19-4-2-1-3-18(19)22-11-9-21(10-12-22)16-5-6-17(23(25)26)15-13-20-8-7-14(15)16/h1-8,13,24H,9-12H2. The first kappa shape index (κ1) is 16.1. The van der Waals surface area contributed by atoms with Gasteiger partial charge in [-0.25, -0.2) is 0 Å². The maximum atomic E-state index is 11.3. The number of hydrogen-bond acceptors (Lipinski definition) is 6. The van der Waals surface area contributed by atoms with Crippen molar-refractivity contribution in [2.75, 3.05) is 36.0 Å². The second kappa shape index (κ2) is 6.51. The summed E-state index contributed by atoms with van der Waals surface area (Å²) in [7, 11) is 0. The van der Waals surface area contributed by atoms with E-state index in [1.165, 1.54) is 0 Å². The Labute approximate surface area is 150 Å². The molecule has 4 rings (SSSR count). The summed E-state index contributed by atoms with van der Waals surface area (Å²) in [6.07, 6.45) is 3.21. The van der Waals surface area contributed by atoms with Crippen LogP contribution in [0.3, 0.4) is 0 Å². The van der Waals surface area contributed by atoms with E-state index in [2.05, 4.69) is 14.8 Å². The van der Waals surface area contributed by atoms with Gasteiger partial charge in [0, 0.05) is 55.7 Å². The number of para-hydroxylation sites is 2. The molecule has 0 aliphatic carbocycles. The number of nitrogens with zero attached hydrogens (tertiary/aromatic N) is 4. The van der Waals surface area contributed by atoms with Crippen molar-refractivity contribution in [2.45, 2.75) is 0 Å². The molecule has 7 nitrogen and oxygen atoms in total. The maximum Gasteiger partial charge on any atom is 0.278 e. The van der Waals surface area contributed by atoms with E-state index in [0.29, 0.717) is 5.39 Å². The largest absolute Gasteiger partial charge is 0.506 e. The Balaban J connectivity index is 1.62. The van der Waals surface area contributed by atoms with E-state index >= 15 is 0 Å². The summed E-state index contributed by atoms with van der Waals surface area (Å²) >= 11 is 0. The number of nitro benzene ring substituents is 1. The van der Waals surface area contributed by atoms with Gasteiger partial charge in [-0.05, 0) is 24.3 Å². The number of fused-ring (bicyclic) bond motifs is 1. The Hall–Kier alpha value is -3.35. The van der Waals surface area contributed by atoms with E-state index in [1.807, 2.05) is 30.3 Å². The average Bonchev–Trinajstić information content (AvgIpc) is 2.67. The van der Waals surface area contributed by atoms with Crippen LogP contribution in [0, 0.1) is 10.1 Å². The molecule has 1 aromatic heterocycles. The maximum absolute atomic E-state index is 11.3. The van der Waals surface area contributed by atoms with Crippen molar-refractivity contribution in [1.82, 2.24) is 4.98 Å². The number of phenols is 1. The average molecular weight is 350 g/mol. The molecule has 26 heavy (non-hydrogen) atoms. The topological polar surface area (TPSA) is 82.7 Å². The molecule has 0 saturated carbocycles. The second-order valence-electron chi connectivity index (χ2n) is 6.24. The zero-order valence-electron chi connectivity index (χ0n) is 14.1. The number of benzene rings is 2. The Bertz CT molecular complexity index is 968. The fourth-order valence-electron chi connectivity index (χ4n) is 3.51. The second-order valence-corrected chi connectivity index (χ2v) is 6.24. The predicted octanol–water partition coefficient (Wildman–Crippen LogP) is 3.18. The summed E-state index contributed by atoms with van der Waals surface area (Å²) in [4.78, 5) is 19.3. The number of non-ortho nitro benzene ring substituents is 1. The van der Waals surface area contributed by atoms with Crippen molar-refractivity contribution in [2.24, 2.45) is 0 Å². The number of pyridine rings is 1. The molecule has 1 fully saturated rings. The Morgan fingerprint density at radius 2 is 1.62 bits per heavy atom. The van der Waals surface area contributed by atoms with E-state index in [0.717, 1.165) is 42.9 Å². The number of piperazine rings is 1. The lowest BCUT2D eigenvalue weighted by atomic mass is 10.1. The summed E-state index contributed by atoms with van der Waals surface area (Å²) in [5, 5.41) is 22.7. The van der Waals surface area contributed by atoms with E-state index < -0.39 is 0 Å². The van der Waals surface area contributed by atoms with Crippen molar-refractivity contribution in [3.8, 4) is 5.75 Å². The highest BCUT2D eigenvalue weighted by Gasteiger charge is 2.22. The molecule has 132 valence electrons. The lowest BCUT2D eigenvalue weighted by Gasteiger charge is -2.38. The first-order valence-corrected chi connectivity index (χ1v) is 8.44. The molecule has 1 saturated heterocycles. The van der Waals surface area contributed by atoms with Crippen LogP contribution in [0.1, 0.15) is 0 Å². The number of aromatic hydroxyl groups is 1. The molecule has 0 atom stereocenters. The van der Waals surface area contributed by atoms with Crippen molar-refractivity contribution in [3.05, 3.63) is 65.0 Å². The third-order valence-corrected chi connectivity index (χ3v) is 4.81. The summed E-state index contributed by atoms with van der Waals surface area (Å²) < 4.78 is 0. The molecule has 0 amide bonds. The summed E-state index contributed by atoms with van der Waals surface area (Å²) in [6.45, 7) is 3.06. The third kappa shape index (κ3) is 2.77. The van der Waals surface area contributed by atoms with E-state index in [1.54, 1.807) is 24.5 Å². The van der Waals surface area contributed by atoms with Gasteiger partial charge in [0.15, 0.2) is 0 Å². The number of nitro groups is 1. The van der Waals surface area contributed by atoms with Crippen LogP contribution in [0.2, 0.25) is 0 Å². The lowest BCUT2D eigenvalue weighted by Crippen LogP contribution is -2.46. The number of rotatable bonds is 3. The van der Waals surface area contributed by atoms with Gasteiger partial charge in [0.25, 0.3) is 5.69 Å². The lowest BCUT2D eigenvalue weighted by molar-refractivity contribution is -0.383. The van der Waals surface area contributed by atoms with Crippen LogP contribution >= 0.6 is 0 Å². The van der Waals surface area contributed by atoms with E-state index in [4.69, 9.17) is 0 Å². The predicted molar refractivity (Wildman–Crippen MR) is 101 cm³/mol. The van der Waals surface area contributed by atoms with E-state index in [9.17, 15) is 15.2 Å². The molecule has 1 aliphatic heterocycles. The normalized spacial score (nSPS) is 14.6. The molecule has 3 aromatic rings. The zero-order valence-corrected chi connectivity index (χ0v) is 14.1. The van der Waals surface area contributed by atoms with Crippen LogP contribution in [0.25, 0.3) is 10.8 Å². The highest BCUT2D eigenvalue weighted by atomic mass is 16.6.